The Hall–Kier alpha value is -3.15. The van der Waals surface area contributed by atoms with Gasteiger partial charge >= 0.3 is 0 Å². The molecule has 0 aliphatic rings. The molecule has 1 aromatic heterocycles. The summed E-state index contributed by atoms with van der Waals surface area (Å²) in [5.74, 6) is -0.00203. The highest BCUT2D eigenvalue weighted by atomic mass is 19.1. The Balaban J connectivity index is 1.50. The first-order valence-corrected chi connectivity index (χ1v) is 9.10. The second kappa shape index (κ2) is 8.25. The van der Waals surface area contributed by atoms with E-state index in [1.807, 2.05) is 24.3 Å². The van der Waals surface area contributed by atoms with Gasteiger partial charge in [0, 0.05) is 18.9 Å². The fraction of sp³-hybridized carbons (Fsp3) is 0.273. The fourth-order valence-electron chi connectivity index (χ4n) is 2.72. The quantitative estimate of drug-likeness (QED) is 0.702. The van der Waals surface area contributed by atoms with Crippen LogP contribution in [0.5, 0.6) is 5.75 Å². The summed E-state index contributed by atoms with van der Waals surface area (Å²) in [6, 6.07) is 12.5. The maximum absolute atomic E-state index is 14.2. The van der Waals surface area contributed by atoms with Gasteiger partial charge in [0.25, 0.3) is 5.91 Å². The zero-order valence-corrected chi connectivity index (χ0v) is 16.3. The molecule has 5 nitrogen and oxygen atoms in total. The topological polar surface area (TPSA) is 56.1 Å². The van der Waals surface area contributed by atoms with E-state index in [0.29, 0.717) is 17.0 Å². The molecule has 6 heteroatoms. The minimum Gasteiger partial charge on any atom is -0.484 e. The van der Waals surface area contributed by atoms with Gasteiger partial charge in [0.15, 0.2) is 6.61 Å². The van der Waals surface area contributed by atoms with E-state index < -0.39 is 0 Å². The zero-order chi connectivity index (χ0) is 20.1. The molecule has 3 rings (SSSR count). The van der Waals surface area contributed by atoms with Crippen LogP contribution in [-0.2, 0) is 16.8 Å². The normalized spacial score (nSPS) is 11.3. The van der Waals surface area contributed by atoms with Crippen LogP contribution < -0.4 is 10.1 Å². The Kier molecular flexibility index (Phi) is 5.78. The summed E-state index contributed by atoms with van der Waals surface area (Å²) in [5.41, 5.74) is 2.35. The summed E-state index contributed by atoms with van der Waals surface area (Å²) >= 11 is 0. The molecular weight excluding hydrogens is 357 g/mol. The molecule has 0 unspecified atom stereocenters. The average molecular weight is 381 g/mol. The molecule has 3 aromatic rings. The van der Waals surface area contributed by atoms with Crippen LogP contribution in [0.2, 0.25) is 0 Å². The van der Waals surface area contributed by atoms with Crippen molar-refractivity contribution in [3.8, 4) is 11.4 Å². The Morgan fingerprint density at radius 1 is 1.18 bits per heavy atom. The molecule has 0 spiro atoms. The van der Waals surface area contributed by atoms with Gasteiger partial charge in [0.1, 0.15) is 11.6 Å². The highest BCUT2D eigenvalue weighted by Crippen LogP contribution is 2.24. The molecule has 2 aromatic carbocycles. The van der Waals surface area contributed by atoms with Crippen molar-refractivity contribution in [1.29, 1.82) is 0 Å². The zero-order valence-electron chi connectivity index (χ0n) is 16.3. The number of aromatic nitrogens is 2. The standard InChI is InChI=1S/C22H24FN3O2/c1-22(2,3)17-5-7-18(8-6-17)28-14-21(27)25-13-16-4-9-20(19(23)12-16)26-11-10-24-15-26/h4-12,15H,13-14H2,1-3H3,(H,25,27). The summed E-state index contributed by atoms with van der Waals surface area (Å²) in [4.78, 5) is 15.9. The first kappa shape index (κ1) is 19.6. The lowest BCUT2D eigenvalue weighted by molar-refractivity contribution is -0.123. The Morgan fingerprint density at radius 3 is 2.54 bits per heavy atom. The monoisotopic (exact) mass is 381 g/mol. The summed E-state index contributed by atoms with van der Waals surface area (Å²) in [6.07, 6.45) is 4.79. The van der Waals surface area contributed by atoms with Crippen molar-refractivity contribution >= 4 is 5.91 Å². The summed E-state index contributed by atoms with van der Waals surface area (Å²) in [7, 11) is 0. The third-order valence-corrected chi connectivity index (χ3v) is 4.37. The van der Waals surface area contributed by atoms with E-state index in [9.17, 15) is 9.18 Å². The molecule has 1 heterocycles. The highest BCUT2D eigenvalue weighted by Gasteiger charge is 2.13. The highest BCUT2D eigenvalue weighted by molar-refractivity contribution is 5.77. The number of ether oxygens (including phenoxy) is 1. The summed E-state index contributed by atoms with van der Waals surface area (Å²) < 4.78 is 21.4. The number of rotatable bonds is 6. The van der Waals surface area contributed by atoms with Crippen LogP contribution in [0.25, 0.3) is 5.69 Å². The largest absolute Gasteiger partial charge is 0.484 e. The number of imidazole rings is 1. The number of carbonyl (C=O) groups excluding carboxylic acids is 1. The van der Waals surface area contributed by atoms with Gasteiger partial charge < -0.3 is 14.6 Å². The summed E-state index contributed by atoms with van der Waals surface area (Å²) in [6.45, 7) is 6.56. The van der Waals surface area contributed by atoms with Crippen LogP contribution in [0.15, 0.2) is 61.2 Å². The van der Waals surface area contributed by atoms with E-state index in [1.54, 1.807) is 29.1 Å². The third kappa shape index (κ3) is 4.97. The third-order valence-electron chi connectivity index (χ3n) is 4.37. The van der Waals surface area contributed by atoms with Crippen LogP contribution in [-0.4, -0.2) is 22.1 Å². The molecule has 146 valence electrons. The molecule has 1 N–H and O–H groups in total. The second-order valence-electron chi connectivity index (χ2n) is 7.60. The van der Waals surface area contributed by atoms with Crippen molar-refractivity contribution in [2.45, 2.75) is 32.7 Å². The predicted octanol–water partition coefficient (Wildman–Crippen LogP) is 4.00. The predicted molar refractivity (Wildman–Crippen MR) is 106 cm³/mol. The van der Waals surface area contributed by atoms with Gasteiger partial charge in [-0.25, -0.2) is 9.37 Å². The van der Waals surface area contributed by atoms with Crippen LogP contribution in [0.4, 0.5) is 4.39 Å². The van der Waals surface area contributed by atoms with Crippen LogP contribution in [0, 0.1) is 5.82 Å². The summed E-state index contributed by atoms with van der Waals surface area (Å²) in [5, 5.41) is 2.74. The lowest BCUT2D eigenvalue weighted by Gasteiger charge is -2.19. The van der Waals surface area contributed by atoms with Crippen molar-refractivity contribution in [1.82, 2.24) is 14.9 Å². The molecule has 0 fully saturated rings. The van der Waals surface area contributed by atoms with E-state index in [0.717, 1.165) is 0 Å². The molecule has 1 amide bonds. The van der Waals surface area contributed by atoms with Gasteiger partial charge in [0.05, 0.1) is 12.0 Å². The van der Waals surface area contributed by atoms with Gasteiger partial charge in [-0.2, -0.15) is 0 Å². The number of halogens is 1. The number of benzene rings is 2. The first-order valence-electron chi connectivity index (χ1n) is 9.10. The van der Waals surface area contributed by atoms with Gasteiger partial charge in [-0.15, -0.1) is 0 Å². The lowest BCUT2D eigenvalue weighted by Crippen LogP contribution is -2.28. The van der Waals surface area contributed by atoms with Gasteiger partial charge in [-0.1, -0.05) is 39.0 Å². The molecule has 28 heavy (non-hydrogen) atoms. The van der Waals surface area contributed by atoms with E-state index in [-0.39, 0.29) is 30.3 Å². The SMILES string of the molecule is CC(C)(C)c1ccc(OCC(=O)NCc2ccc(-n3ccnc3)c(F)c2)cc1. The Bertz CT molecular complexity index is 929. The molecule has 0 saturated heterocycles. The molecule has 0 radical (unpaired) electrons. The number of hydrogen-bond donors (Lipinski definition) is 1. The van der Waals surface area contributed by atoms with Crippen LogP contribution >= 0.6 is 0 Å². The smallest absolute Gasteiger partial charge is 0.258 e. The molecule has 0 atom stereocenters. The molecule has 0 bridgehead atoms. The van der Waals surface area contributed by atoms with Crippen molar-refractivity contribution < 1.29 is 13.9 Å². The minimum atomic E-state index is -0.375. The molecule has 0 saturated carbocycles. The van der Waals surface area contributed by atoms with Crippen molar-refractivity contribution in [2.24, 2.45) is 0 Å². The van der Waals surface area contributed by atoms with Crippen LogP contribution in [0.3, 0.4) is 0 Å². The van der Waals surface area contributed by atoms with E-state index in [1.165, 1.54) is 18.0 Å². The maximum atomic E-state index is 14.2. The van der Waals surface area contributed by atoms with Gasteiger partial charge in [0.2, 0.25) is 0 Å². The Morgan fingerprint density at radius 2 is 1.93 bits per heavy atom. The number of hydrogen-bond acceptors (Lipinski definition) is 3. The molecule has 0 aliphatic heterocycles. The number of amides is 1. The minimum absolute atomic E-state index is 0.0680. The molecular formula is C22H24FN3O2. The van der Waals surface area contributed by atoms with E-state index >= 15 is 0 Å². The van der Waals surface area contributed by atoms with Crippen molar-refractivity contribution in [3.05, 3.63) is 78.1 Å². The number of nitrogens with one attached hydrogen (secondary N) is 1. The van der Waals surface area contributed by atoms with Gasteiger partial charge in [-0.05, 0) is 40.8 Å². The fourth-order valence-corrected chi connectivity index (χ4v) is 2.72. The maximum Gasteiger partial charge on any atom is 0.258 e. The number of carbonyl (C=O) groups is 1. The second-order valence-corrected chi connectivity index (χ2v) is 7.60. The lowest BCUT2D eigenvalue weighted by atomic mass is 9.87. The average Bonchev–Trinajstić information content (AvgIpc) is 3.19. The van der Waals surface area contributed by atoms with Crippen LogP contribution in [0.1, 0.15) is 31.9 Å². The first-order chi connectivity index (χ1) is 13.3. The number of nitrogens with zero attached hydrogens (tertiary/aromatic N) is 2. The van der Waals surface area contributed by atoms with E-state index in [2.05, 4.69) is 31.1 Å². The van der Waals surface area contributed by atoms with E-state index in [4.69, 9.17) is 4.74 Å². The van der Waals surface area contributed by atoms with Crippen molar-refractivity contribution in [2.75, 3.05) is 6.61 Å². The Labute approximate surface area is 164 Å². The molecule has 0 aliphatic carbocycles. The van der Waals surface area contributed by atoms with Gasteiger partial charge in [-0.3, -0.25) is 4.79 Å². The van der Waals surface area contributed by atoms with Crippen molar-refractivity contribution in [3.63, 3.8) is 0 Å².